The van der Waals surface area contributed by atoms with Crippen molar-refractivity contribution in [1.82, 2.24) is 0 Å². The van der Waals surface area contributed by atoms with Crippen molar-refractivity contribution in [3.05, 3.63) is 19.1 Å². The molecule has 0 spiro atoms. The molecular formula is C4H8Na. The molecule has 0 aliphatic rings. The standard InChI is InChI=1S/C4H7.Na.H/c1-3-4-2;;/h3-4H,1H2,2H3;;. The quantitative estimate of drug-likeness (QED) is 0.376. The fourth-order valence-electron chi connectivity index (χ4n) is 0. The average Bonchev–Trinajstić information content (AvgIpc) is 1.37. The second kappa shape index (κ2) is 8.83. The van der Waals surface area contributed by atoms with Gasteiger partial charge in [-0.05, 0) is 13.8 Å². The molecule has 0 N–H and O–H groups in total. The predicted octanol–water partition coefficient (Wildman–Crippen LogP) is 0.748. The van der Waals surface area contributed by atoms with E-state index in [1.165, 1.54) is 0 Å². The van der Waals surface area contributed by atoms with E-state index in [4.69, 9.17) is 0 Å². The Balaban J connectivity index is 0. The molecule has 0 heterocycles. The molecule has 0 aromatic carbocycles. The van der Waals surface area contributed by atoms with Gasteiger partial charge in [0, 0.05) is 0 Å². The zero-order valence-corrected chi connectivity index (χ0v) is 2.86. The van der Waals surface area contributed by atoms with Crippen molar-refractivity contribution in [3.63, 3.8) is 0 Å². The van der Waals surface area contributed by atoms with E-state index in [-0.39, 0.29) is 29.6 Å². The number of rotatable bonds is 0. The van der Waals surface area contributed by atoms with Gasteiger partial charge in [-0.15, -0.1) is 0 Å². The summed E-state index contributed by atoms with van der Waals surface area (Å²) in [4.78, 5) is 0. The maximum absolute atomic E-state index is 3.42. The van der Waals surface area contributed by atoms with Gasteiger partial charge in [0.1, 0.15) is 0 Å². The Kier molecular flexibility index (Phi) is 16.3. The topological polar surface area (TPSA) is 0 Å². The first-order valence-electron chi connectivity index (χ1n) is 1.32. The summed E-state index contributed by atoms with van der Waals surface area (Å²) in [6.45, 7) is 5.36. The minimum absolute atomic E-state index is 0. The molecule has 0 amide bonds. The van der Waals surface area contributed by atoms with Crippen LogP contribution >= 0.6 is 0 Å². The van der Waals surface area contributed by atoms with Crippen molar-refractivity contribution in [2.75, 3.05) is 0 Å². The van der Waals surface area contributed by atoms with Crippen molar-refractivity contribution in [2.45, 2.75) is 6.92 Å². The first-order chi connectivity index (χ1) is 1.91. The van der Waals surface area contributed by atoms with Gasteiger partial charge in [-0.1, -0.05) is 12.2 Å². The predicted molar refractivity (Wildman–Crippen MR) is 27.3 cm³/mol. The van der Waals surface area contributed by atoms with Crippen LogP contribution < -0.4 is 0 Å². The van der Waals surface area contributed by atoms with Gasteiger partial charge in [0.15, 0.2) is 0 Å². The third-order valence-electron chi connectivity index (χ3n) is 0.236. The van der Waals surface area contributed by atoms with Gasteiger partial charge < -0.3 is 0 Å². The summed E-state index contributed by atoms with van der Waals surface area (Å²) < 4.78 is 0. The Bertz CT molecular complexity index is 18.8. The van der Waals surface area contributed by atoms with Crippen molar-refractivity contribution in [1.29, 1.82) is 0 Å². The van der Waals surface area contributed by atoms with Gasteiger partial charge in [0.05, 0.1) is 0 Å². The van der Waals surface area contributed by atoms with E-state index < -0.39 is 0 Å². The monoisotopic (exact) mass is 79.1 g/mol. The van der Waals surface area contributed by atoms with E-state index >= 15 is 0 Å². The van der Waals surface area contributed by atoms with Gasteiger partial charge in [-0.3, -0.25) is 0 Å². The van der Waals surface area contributed by atoms with Crippen molar-refractivity contribution >= 4 is 29.6 Å². The van der Waals surface area contributed by atoms with Crippen LogP contribution in [0.1, 0.15) is 6.92 Å². The van der Waals surface area contributed by atoms with E-state index in [2.05, 4.69) is 6.92 Å². The molecule has 0 aliphatic carbocycles. The first-order valence-corrected chi connectivity index (χ1v) is 1.32. The summed E-state index contributed by atoms with van der Waals surface area (Å²) in [6.07, 6.45) is 3.64. The van der Waals surface area contributed by atoms with Crippen LogP contribution in [-0.4, -0.2) is 29.6 Å². The molecule has 0 fully saturated rings. The average molecular weight is 79.1 g/mol. The minimum atomic E-state index is 0. The Labute approximate surface area is 55.6 Å². The third-order valence-corrected chi connectivity index (χ3v) is 0.236. The molecule has 0 unspecified atom stereocenters. The van der Waals surface area contributed by atoms with Crippen molar-refractivity contribution in [3.8, 4) is 0 Å². The first kappa shape index (κ1) is 9.22. The molecule has 0 saturated heterocycles. The normalized spacial score (nSPS) is 7.60. The molecule has 1 heteroatoms. The molecule has 0 bridgehead atoms. The van der Waals surface area contributed by atoms with E-state index in [1.807, 2.05) is 13.0 Å². The van der Waals surface area contributed by atoms with Gasteiger partial charge in [-0.2, -0.15) is 0 Å². The zero-order valence-electron chi connectivity index (χ0n) is 2.86. The molecule has 0 saturated carbocycles. The Morgan fingerprint density at radius 2 is 1.80 bits per heavy atom. The number of hydrogen-bond donors (Lipinski definition) is 0. The van der Waals surface area contributed by atoms with Crippen LogP contribution in [0.3, 0.4) is 0 Å². The van der Waals surface area contributed by atoms with E-state index in [1.54, 1.807) is 6.08 Å². The molecule has 0 aromatic heterocycles. The van der Waals surface area contributed by atoms with E-state index in [9.17, 15) is 0 Å². The molecule has 0 rings (SSSR count). The molecule has 25 valence electrons. The second-order valence-electron chi connectivity index (χ2n) is 0.569. The summed E-state index contributed by atoms with van der Waals surface area (Å²) in [5.74, 6) is 0. The van der Waals surface area contributed by atoms with Gasteiger partial charge in [0.25, 0.3) is 0 Å². The van der Waals surface area contributed by atoms with Gasteiger partial charge >= 0.3 is 29.6 Å². The van der Waals surface area contributed by atoms with Crippen LogP contribution in [0, 0.1) is 6.92 Å². The molecule has 5 heavy (non-hydrogen) atoms. The molecule has 0 aromatic rings. The summed E-state index contributed by atoms with van der Waals surface area (Å²) in [5, 5.41) is 0. The molecule has 0 aliphatic heterocycles. The molecule has 0 nitrogen and oxygen atoms in total. The SMILES string of the molecule is [CH2]C=CC.[NaH]. The summed E-state index contributed by atoms with van der Waals surface area (Å²) in [6, 6.07) is 0. The van der Waals surface area contributed by atoms with E-state index in [0.29, 0.717) is 0 Å². The van der Waals surface area contributed by atoms with E-state index in [0.717, 1.165) is 0 Å². The van der Waals surface area contributed by atoms with Crippen molar-refractivity contribution in [2.24, 2.45) is 0 Å². The van der Waals surface area contributed by atoms with Crippen LogP contribution in [0.4, 0.5) is 0 Å². The van der Waals surface area contributed by atoms with Crippen LogP contribution in [0.15, 0.2) is 12.2 Å². The Hall–Kier alpha value is 0.740. The third kappa shape index (κ3) is 11.8. The van der Waals surface area contributed by atoms with Gasteiger partial charge in [0.2, 0.25) is 0 Å². The summed E-state index contributed by atoms with van der Waals surface area (Å²) in [5.41, 5.74) is 0. The number of allylic oxidation sites excluding steroid dienone is 2. The molecule has 0 atom stereocenters. The van der Waals surface area contributed by atoms with Crippen LogP contribution in [0.5, 0.6) is 0 Å². The van der Waals surface area contributed by atoms with Crippen molar-refractivity contribution < 1.29 is 0 Å². The van der Waals surface area contributed by atoms with Crippen LogP contribution in [-0.2, 0) is 0 Å². The van der Waals surface area contributed by atoms with Crippen LogP contribution in [0.25, 0.3) is 0 Å². The molecule has 1 radical (unpaired) electrons. The second-order valence-corrected chi connectivity index (χ2v) is 0.569. The Morgan fingerprint density at radius 3 is 1.80 bits per heavy atom. The van der Waals surface area contributed by atoms with Gasteiger partial charge in [-0.25, -0.2) is 0 Å². The maximum atomic E-state index is 3.42. The van der Waals surface area contributed by atoms with Crippen LogP contribution in [0.2, 0.25) is 0 Å². The summed E-state index contributed by atoms with van der Waals surface area (Å²) in [7, 11) is 0. The Morgan fingerprint density at radius 1 is 1.60 bits per heavy atom. The molecular weight excluding hydrogens is 71.0 g/mol. The fourth-order valence-corrected chi connectivity index (χ4v) is 0. The number of hydrogen-bond acceptors (Lipinski definition) is 0. The zero-order chi connectivity index (χ0) is 3.41. The summed E-state index contributed by atoms with van der Waals surface area (Å²) >= 11 is 0. The fraction of sp³-hybridized carbons (Fsp3) is 0.250.